The van der Waals surface area contributed by atoms with Crippen molar-refractivity contribution in [2.24, 2.45) is 0 Å². The number of methoxy groups -OCH3 is 1. The smallest absolute Gasteiger partial charge is 0.481 e. The van der Waals surface area contributed by atoms with E-state index in [0.717, 1.165) is 12.1 Å². The van der Waals surface area contributed by atoms with E-state index in [1.165, 1.54) is 31.4 Å². The first-order valence-corrected chi connectivity index (χ1v) is 5.94. The third kappa shape index (κ3) is 3.66. The van der Waals surface area contributed by atoms with E-state index in [-0.39, 0.29) is 22.7 Å². The molecule has 0 unspecified atom stereocenters. The minimum absolute atomic E-state index is 0.00113. The highest BCUT2D eigenvalue weighted by atomic mass is 19.4. The zero-order valence-corrected chi connectivity index (χ0v) is 11.2. The summed E-state index contributed by atoms with van der Waals surface area (Å²) >= 11 is 0. The number of hydrogen-bond acceptors (Lipinski definition) is 4. The van der Waals surface area contributed by atoms with Gasteiger partial charge in [0.15, 0.2) is 0 Å². The number of benzene rings is 1. The molecule has 1 aromatic heterocycles. The second-order valence-corrected chi connectivity index (χ2v) is 4.13. The molecule has 0 saturated heterocycles. The fourth-order valence-electron chi connectivity index (χ4n) is 1.76. The van der Waals surface area contributed by atoms with Crippen LogP contribution in [0.3, 0.4) is 0 Å². The molecule has 0 saturated carbocycles. The lowest BCUT2D eigenvalue weighted by Crippen LogP contribution is -2.17. The highest BCUT2D eigenvalue weighted by Crippen LogP contribution is 2.34. The van der Waals surface area contributed by atoms with Crippen molar-refractivity contribution in [3.8, 4) is 22.9 Å². The van der Waals surface area contributed by atoms with Gasteiger partial charge in [0.2, 0.25) is 5.88 Å². The molecule has 0 aliphatic carbocycles. The predicted molar refractivity (Wildman–Crippen MR) is 69.9 cm³/mol. The molecule has 0 amide bonds. The Kier molecular flexibility index (Phi) is 4.20. The van der Waals surface area contributed by atoms with Gasteiger partial charge < -0.3 is 14.6 Å². The fourth-order valence-corrected chi connectivity index (χ4v) is 1.76. The maximum absolute atomic E-state index is 12.4. The predicted octanol–water partition coefficient (Wildman–Crippen LogP) is 3.35. The van der Waals surface area contributed by atoms with E-state index in [9.17, 15) is 18.0 Å². The van der Waals surface area contributed by atoms with E-state index < -0.39 is 18.1 Å². The Morgan fingerprint density at radius 3 is 2.50 bits per heavy atom. The Balaban J connectivity index is 2.56. The number of aromatic carboxylic acids is 1. The van der Waals surface area contributed by atoms with E-state index in [1.54, 1.807) is 0 Å². The molecule has 0 spiro atoms. The number of para-hydroxylation sites is 1. The summed E-state index contributed by atoms with van der Waals surface area (Å²) in [6, 6.07) is 7.62. The van der Waals surface area contributed by atoms with Crippen molar-refractivity contribution in [3.63, 3.8) is 0 Å². The quantitative estimate of drug-likeness (QED) is 0.937. The molecule has 0 aliphatic heterocycles. The zero-order chi connectivity index (χ0) is 16.3. The summed E-state index contributed by atoms with van der Waals surface area (Å²) in [5, 5.41) is 9.04. The van der Waals surface area contributed by atoms with E-state index in [0.29, 0.717) is 0 Å². The molecule has 2 rings (SSSR count). The van der Waals surface area contributed by atoms with Gasteiger partial charge in [-0.15, -0.1) is 13.2 Å². The first kappa shape index (κ1) is 15.6. The van der Waals surface area contributed by atoms with Crippen LogP contribution in [0.4, 0.5) is 13.2 Å². The highest BCUT2D eigenvalue weighted by molar-refractivity contribution is 5.89. The lowest BCUT2D eigenvalue weighted by Gasteiger charge is -2.13. The Hall–Kier alpha value is -2.77. The third-order valence-electron chi connectivity index (χ3n) is 2.65. The molecule has 1 heterocycles. The second-order valence-electron chi connectivity index (χ2n) is 4.13. The molecule has 0 atom stereocenters. The molecule has 0 bridgehead atoms. The van der Waals surface area contributed by atoms with Crippen LogP contribution in [0.15, 0.2) is 36.4 Å². The summed E-state index contributed by atoms with van der Waals surface area (Å²) in [6.07, 6.45) is -4.87. The zero-order valence-electron chi connectivity index (χ0n) is 11.2. The van der Waals surface area contributed by atoms with Gasteiger partial charge in [-0.25, -0.2) is 9.78 Å². The molecule has 2 aromatic rings. The van der Waals surface area contributed by atoms with Crippen molar-refractivity contribution in [3.05, 3.63) is 42.0 Å². The summed E-state index contributed by atoms with van der Waals surface area (Å²) in [4.78, 5) is 15.0. The van der Waals surface area contributed by atoms with Gasteiger partial charge in [-0.2, -0.15) is 0 Å². The molecular weight excluding hydrogens is 303 g/mol. The van der Waals surface area contributed by atoms with Gasteiger partial charge in [-0.3, -0.25) is 0 Å². The lowest BCUT2D eigenvalue weighted by molar-refractivity contribution is -0.274. The normalized spacial score (nSPS) is 11.1. The number of carboxylic acids is 1. The van der Waals surface area contributed by atoms with E-state index in [1.807, 2.05) is 0 Å². The highest BCUT2D eigenvalue weighted by Gasteiger charge is 2.32. The van der Waals surface area contributed by atoms with Crippen molar-refractivity contribution in [1.82, 2.24) is 4.98 Å². The van der Waals surface area contributed by atoms with Crippen LogP contribution in [0.2, 0.25) is 0 Å². The van der Waals surface area contributed by atoms with E-state index in [4.69, 9.17) is 9.84 Å². The van der Waals surface area contributed by atoms with Crippen LogP contribution in [-0.2, 0) is 0 Å². The molecule has 0 aliphatic rings. The number of halogens is 3. The van der Waals surface area contributed by atoms with Gasteiger partial charge >= 0.3 is 12.3 Å². The van der Waals surface area contributed by atoms with Gasteiger partial charge in [-0.05, 0) is 18.2 Å². The van der Waals surface area contributed by atoms with Crippen LogP contribution in [0.5, 0.6) is 11.6 Å². The number of aromatic nitrogens is 1. The molecule has 8 heteroatoms. The summed E-state index contributed by atoms with van der Waals surface area (Å²) in [6.45, 7) is 0. The van der Waals surface area contributed by atoms with Crippen molar-refractivity contribution in [1.29, 1.82) is 0 Å². The first-order valence-electron chi connectivity index (χ1n) is 5.94. The van der Waals surface area contributed by atoms with Crippen molar-refractivity contribution in [2.45, 2.75) is 6.36 Å². The minimum atomic E-state index is -4.87. The average molecular weight is 313 g/mol. The number of ether oxygens (including phenoxy) is 2. The van der Waals surface area contributed by atoms with Crippen LogP contribution >= 0.6 is 0 Å². The molecule has 116 valence electrons. The number of nitrogens with zero attached hydrogens (tertiary/aromatic N) is 1. The number of pyridine rings is 1. The van der Waals surface area contributed by atoms with Crippen LogP contribution in [0.25, 0.3) is 11.3 Å². The van der Waals surface area contributed by atoms with Crippen LogP contribution in [0.1, 0.15) is 10.4 Å². The largest absolute Gasteiger partial charge is 0.573 e. The topological polar surface area (TPSA) is 68.7 Å². The SMILES string of the molecule is COc1cc(C(=O)O)cc(-c2ccccc2OC(F)(F)F)n1. The molecule has 0 radical (unpaired) electrons. The molecular formula is C14H10F3NO4. The Bertz CT molecular complexity index is 701. The van der Waals surface area contributed by atoms with Gasteiger partial charge in [0, 0.05) is 11.6 Å². The van der Waals surface area contributed by atoms with E-state index >= 15 is 0 Å². The Labute approximate surface area is 122 Å². The number of carbonyl (C=O) groups is 1. The van der Waals surface area contributed by atoms with Gasteiger partial charge in [0.25, 0.3) is 0 Å². The van der Waals surface area contributed by atoms with Gasteiger partial charge in [0.1, 0.15) is 5.75 Å². The number of rotatable bonds is 4. The maximum Gasteiger partial charge on any atom is 0.573 e. The summed E-state index contributed by atoms with van der Waals surface area (Å²) in [5.41, 5.74) is -0.165. The third-order valence-corrected chi connectivity index (χ3v) is 2.65. The van der Waals surface area contributed by atoms with E-state index in [2.05, 4.69) is 9.72 Å². The minimum Gasteiger partial charge on any atom is -0.481 e. The van der Waals surface area contributed by atoms with Gasteiger partial charge in [0.05, 0.1) is 18.4 Å². The average Bonchev–Trinajstić information content (AvgIpc) is 2.45. The number of hydrogen-bond donors (Lipinski definition) is 1. The number of carboxylic acid groups (broad SMARTS) is 1. The summed E-state index contributed by atoms with van der Waals surface area (Å²) < 4.78 is 46.1. The Morgan fingerprint density at radius 1 is 1.23 bits per heavy atom. The van der Waals surface area contributed by atoms with Crippen LogP contribution in [-0.4, -0.2) is 29.5 Å². The summed E-state index contributed by atoms with van der Waals surface area (Å²) in [7, 11) is 1.27. The van der Waals surface area contributed by atoms with Crippen LogP contribution < -0.4 is 9.47 Å². The summed E-state index contributed by atoms with van der Waals surface area (Å²) in [5.74, 6) is -1.76. The molecule has 5 nitrogen and oxygen atoms in total. The molecule has 1 N–H and O–H groups in total. The second kappa shape index (κ2) is 5.92. The molecule has 22 heavy (non-hydrogen) atoms. The lowest BCUT2D eigenvalue weighted by atomic mass is 10.1. The monoisotopic (exact) mass is 313 g/mol. The van der Waals surface area contributed by atoms with Crippen molar-refractivity contribution in [2.75, 3.05) is 7.11 Å². The fraction of sp³-hybridized carbons (Fsp3) is 0.143. The number of alkyl halides is 3. The molecule has 1 aromatic carbocycles. The standard InChI is InChI=1S/C14H10F3NO4/c1-21-12-7-8(13(19)20)6-10(18-12)9-4-2-3-5-11(9)22-14(15,16)17/h2-7H,1H3,(H,19,20). The first-order chi connectivity index (χ1) is 10.3. The van der Waals surface area contributed by atoms with Crippen molar-refractivity contribution < 1.29 is 32.5 Å². The van der Waals surface area contributed by atoms with Gasteiger partial charge in [-0.1, -0.05) is 12.1 Å². The van der Waals surface area contributed by atoms with Crippen LogP contribution in [0, 0.1) is 0 Å². The maximum atomic E-state index is 12.4. The Morgan fingerprint density at radius 2 is 1.91 bits per heavy atom. The van der Waals surface area contributed by atoms with Crippen molar-refractivity contribution >= 4 is 5.97 Å². The molecule has 0 fully saturated rings.